The summed E-state index contributed by atoms with van der Waals surface area (Å²) < 4.78 is 0. The van der Waals surface area contributed by atoms with Crippen molar-refractivity contribution in [1.29, 1.82) is 0 Å². The van der Waals surface area contributed by atoms with E-state index in [1.54, 1.807) is 0 Å². The van der Waals surface area contributed by atoms with E-state index in [1.165, 1.54) is 55.0 Å². The number of nitrogens with one attached hydrogen (secondary N) is 1. The van der Waals surface area contributed by atoms with Gasteiger partial charge in [-0.05, 0) is 63.2 Å². The van der Waals surface area contributed by atoms with Crippen LogP contribution >= 0.6 is 0 Å². The lowest BCUT2D eigenvalue weighted by Crippen LogP contribution is -2.60. The van der Waals surface area contributed by atoms with Crippen LogP contribution in [0.15, 0.2) is 30.3 Å². The van der Waals surface area contributed by atoms with Gasteiger partial charge in [-0.1, -0.05) is 30.3 Å². The molecular formula is C22H30N4. The van der Waals surface area contributed by atoms with Crippen molar-refractivity contribution in [3.05, 3.63) is 52.8 Å². The number of aromatic amines is 1. The first kappa shape index (κ1) is 16.5. The molecule has 26 heavy (non-hydrogen) atoms. The summed E-state index contributed by atoms with van der Waals surface area (Å²) in [6.45, 7) is 9.28. The van der Waals surface area contributed by atoms with Crippen molar-refractivity contribution >= 4 is 0 Å². The monoisotopic (exact) mass is 350 g/mol. The summed E-state index contributed by atoms with van der Waals surface area (Å²) in [7, 11) is 0. The Kier molecular flexibility index (Phi) is 4.13. The number of aromatic nitrogens is 2. The molecule has 4 saturated heterocycles. The van der Waals surface area contributed by atoms with Crippen molar-refractivity contribution in [2.45, 2.75) is 51.1 Å². The average Bonchev–Trinajstić information content (AvgIpc) is 3.24. The summed E-state index contributed by atoms with van der Waals surface area (Å²) in [5.74, 6) is 1.56. The largest absolute Gasteiger partial charge is 0.298 e. The number of hydrogen-bond acceptors (Lipinski definition) is 3. The van der Waals surface area contributed by atoms with E-state index in [-0.39, 0.29) is 0 Å². The lowest BCUT2D eigenvalue weighted by Gasteiger charge is -2.51. The van der Waals surface area contributed by atoms with E-state index in [9.17, 15) is 0 Å². The molecular weight excluding hydrogens is 320 g/mol. The molecule has 4 fully saturated rings. The Morgan fingerprint density at radius 1 is 1.08 bits per heavy atom. The third-order valence-electron chi connectivity index (χ3n) is 7.25. The maximum Gasteiger partial charge on any atom is 0.0626 e. The quantitative estimate of drug-likeness (QED) is 0.920. The van der Waals surface area contributed by atoms with Crippen molar-refractivity contribution in [3.8, 4) is 0 Å². The summed E-state index contributed by atoms with van der Waals surface area (Å²) in [6.07, 6.45) is 3.90. The molecule has 0 unspecified atom stereocenters. The van der Waals surface area contributed by atoms with Crippen molar-refractivity contribution in [3.63, 3.8) is 0 Å². The predicted molar refractivity (Wildman–Crippen MR) is 104 cm³/mol. The molecule has 4 heteroatoms. The average molecular weight is 351 g/mol. The van der Waals surface area contributed by atoms with Gasteiger partial charge in [-0.15, -0.1) is 0 Å². The van der Waals surface area contributed by atoms with E-state index in [0.29, 0.717) is 5.92 Å². The second kappa shape index (κ2) is 6.50. The maximum atomic E-state index is 4.39. The number of nitrogens with zero attached hydrogens (tertiary/aromatic N) is 3. The van der Waals surface area contributed by atoms with Gasteiger partial charge in [-0.25, -0.2) is 0 Å². The zero-order valence-electron chi connectivity index (χ0n) is 16.0. The third kappa shape index (κ3) is 2.62. The van der Waals surface area contributed by atoms with Crippen molar-refractivity contribution in [1.82, 2.24) is 20.0 Å². The summed E-state index contributed by atoms with van der Waals surface area (Å²) >= 11 is 0. The first-order chi connectivity index (χ1) is 12.7. The van der Waals surface area contributed by atoms with Crippen LogP contribution in [0.4, 0.5) is 0 Å². The fourth-order valence-electron chi connectivity index (χ4n) is 5.98. The van der Waals surface area contributed by atoms with Crippen LogP contribution in [0.25, 0.3) is 0 Å². The molecule has 5 heterocycles. The molecule has 4 aliphatic rings. The van der Waals surface area contributed by atoms with Gasteiger partial charge in [-0.2, -0.15) is 5.10 Å². The predicted octanol–water partition coefficient (Wildman–Crippen LogP) is 3.13. The molecule has 0 radical (unpaired) electrons. The molecule has 138 valence electrons. The Labute approximate surface area is 156 Å². The zero-order valence-corrected chi connectivity index (χ0v) is 16.0. The molecule has 2 aromatic rings. The van der Waals surface area contributed by atoms with Crippen LogP contribution in [0.5, 0.6) is 0 Å². The highest BCUT2D eigenvalue weighted by molar-refractivity contribution is 5.28. The zero-order chi connectivity index (χ0) is 17.7. The van der Waals surface area contributed by atoms with Gasteiger partial charge in [0.2, 0.25) is 0 Å². The van der Waals surface area contributed by atoms with Gasteiger partial charge in [0, 0.05) is 36.8 Å². The molecule has 2 bridgehead atoms. The van der Waals surface area contributed by atoms with Crippen LogP contribution < -0.4 is 0 Å². The molecule has 4 nitrogen and oxygen atoms in total. The van der Waals surface area contributed by atoms with E-state index in [2.05, 4.69) is 64.2 Å². The number of H-pyrrole nitrogens is 1. The second-order valence-corrected chi connectivity index (χ2v) is 8.53. The van der Waals surface area contributed by atoms with Crippen molar-refractivity contribution < 1.29 is 0 Å². The van der Waals surface area contributed by atoms with E-state index in [0.717, 1.165) is 31.0 Å². The van der Waals surface area contributed by atoms with Crippen LogP contribution in [0.1, 0.15) is 41.3 Å². The first-order valence-electron chi connectivity index (χ1n) is 10.3. The SMILES string of the molecule is Cc1n[nH]c(C)c1CCN1C[C@H](c2ccccc2)[C@@H]2[C@H]1C1CCN2CC1. The molecule has 4 aliphatic heterocycles. The van der Waals surface area contributed by atoms with Crippen LogP contribution in [-0.4, -0.2) is 58.3 Å². The molecule has 0 amide bonds. The van der Waals surface area contributed by atoms with Gasteiger partial charge in [-0.3, -0.25) is 14.9 Å². The molecule has 0 aliphatic carbocycles. The van der Waals surface area contributed by atoms with Gasteiger partial charge >= 0.3 is 0 Å². The Balaban J connectivity index is 1.41. The van der Waals surface area contributed by atoms with Gasteiger partial charge in [0.15, 0.2) is 0 Å². The summed E-state index contributed by atoms with van der Waals surface area (Å²) in [4.78, 5) is 5.63. The van der Waals surface area contributed by atoms with Crippen LogP contribution in [0, 0.1) is 19.8 Å². The van der Waals surface area contributed by atoms with Gasteiger partial charge in [0.1, 0.15) is 0 Å². The lowest BCUT2D eigenvalue weighted by atomic mass is 9.75. The Morgan fingerprint density at radius 3 is 2.54 bits per heavy atom. The van der Waals surface area contributed by atoms with E-state index in [1.807, 2.05) is 0 Å². The Hall–Kier alpha value is -1.65. The summed E-state index contributed by atoms with van der Waals surface area (Å²) in [6, 6.07) is 12.7. The van der Waals surface area contributed by atoms with E-state index >= 15 is 0 Å². The Bertz CT molecular complexity index is 740. The van der Waals surface area contributed by atoms with E-state index < -0.39 is 0 Å². The number of aryl methyl sites for hydroxylation is 2. The van der Waals surface area contributed by atoms with Crippen LogP contribution in [0.3, 0.4) is 0 Å². The number of hydrogen-bond donors (Lipinski definition) is 1. The molecule has 1 aromatic heterocycles. The van der Waals surface area contributed by atoms with Crippen molar-refractivity contribution in [2.75, 3.05) is 26.2 Å². The molecule has 0 spiro atoms. The minimum absolute atomic E-state index is 0.663. The summed E-state index contributed by atoms with van der Waals surface area (Å²) in [5, 5.41) is 7.55. The number of fused-ring (bicyclic) bond motifs is 2. The highest BCUT2D eigenvalue weighted by Crippen LogP contribution is 2.46. The molecule has 3 atom stereocenters. The third-order valence-corrected chi connectivity index (χ3v) is 7.25. The normalized spacial score (nSPS) is 33.5. The second-order valence-electron chi connectivity index (χ2n) is 8.53. The van der Waals surface area contributed by atoms with Gasteiger partial charge < -0.3 is 0 Å². The molecule has 1 N–H and O–H groups in total. The topological polar surface area (TPSA) is 35.2 Å². The highest BCUT2D eigenvalue weighted by atomic mass is 15.3. The molecule has 0 saturated carbocycles. The fourth-order valence-corrected chi connectivity index (χ4v) is 5.98. The number of piperidine rings is 3. The summed E-state index contributed by atoms with van der Waals surface area (Å²) in [5.41, 5.74) is 5.37. The minimum atomic E-state index is 0.663. The van der Waals surface area contributed by atoms with Crippen LogP contribution in [-0.2, 0) is 6.42 Å². The molecule has 6 rings (SSSR count). The maximum absolute atomic E-state index is 4.39. The minimum Gasteiger partial charge on any atom is -0.298 e. The van der Waals surface area contributed by atoms with E-state index in [4.69, 9.17) is 0 Å². The number of likely N-dealkylation sites (tertiary alicyclic amines) is 1. The highest BCUT2D eigenvalue weighted by Gasteiger charge is 2.52. The lowest BCUT2D eigenvalue weighted by molar-refractivity contribution is -0.00618. The first-order valence-corrected chi connectivity index (χ1v) is 10.3. The molecule has 1 aromatic carbocycles. The smallest absolute Gasteiger partial charge is 0.0626 e. The Morgan fingerprint density at radius 2 is 1.85 bits per heavy atom. The number of benzene rings is 1. The fraction of sp³-hybridized carbons (Fsp3) is 0.591. The number of rotatable bonds is 4. The van der Waals surface area contributed by atoms with Gasteiger partial charge in [0.25, 0.3) is 0 Å². The van der Waals surface area contributed by atoms with Crippen LogP contribution in [0.2, 0.25) is 0 Å². The van der Waals surface area contributed by atoms with Gasteiger partial charge in [0.05, 0.1) is 5.69 Å². The van der Waals surface area contributed by atoms with Crippen molar-refractivity contribution in [2.24, 2.45) is 5.92 Å². The standard InChI is InChI=1S/C22H30N4/c1-15-19(16(2)24-23-15)10-13-26-14-20(17-6-4-3-5-7-17)22-21(26)18-8-11-25(22)12-9-18/h3-7,18,20-22H,8-14H2,1-2H3,(H,23,24)/t20-,21-,22-/m1/s1.